The summed E-state index contributed by atoms with van der Waals surface area (Å²) in [5, 5.41) is 0. The van der Waals surface area contributed by atoms with Crippen LogP contribution in [0.25, 0.3) is 11.0 Å². The van der Waals surface area contributed by atoms with Crippen LogP contribution in [0.3, 0.4) is 0 Å². The molecule has 1 aromatic heterocycles. The standard InChI is InChI=1S/C14H18FN3/c1-9(10-4-2-3-5-10)18-13-8-11(15)6-7-12(13)17-14(18)16/h6-10H,2-5H2,1H3,(H2,16,17). The first kappa shape index (κ1) is 11.5. The third kappa shape index (κ3) is 1.76. The van der Waals surface area contributed by atoms with E-state index in [0.717, 1.165) is 11.0 Å². The number of benzene rings is 1. The molecule has 3 rings (SSSR count). The van der Waals surface area contributed by atoms with E-state index in [1.807, 2.05) is 4.57 Å². The third-order valence-corrected chi connectivity index (χ3v) is 4.17. The van der Waals surface area contributed by atoms with Gasteiger partial charge in [0.1, 0.15) is 5.82 Å². The molecule has 0 saturated heterocycles. The summed E-state index contributed by atoms with van der Waals surface area (Å²) in [5.74, 6) is 0.894. The Hall–Kier alpha value is -1.58. The van der Waals surface area contributed by atoms with Crippen LogP contribution >= 0.6 is 0 Å². The molecule has 96 valence electrons. The van der Waals surface area contributed by atoms with Gasteiger partial charge in [0.25, 0.3) is 0 Å². The number of aromatic nitrogens is 2. The monoisotopic (exact) mass is 247 g/mol. The Labute approximate surface area is 106 Å². The van der Waals surface area contributed by atoms with E-state index >= 15 is 0 Å². The molecule has 1 aromatic carbocycles. The number of hydrogen-bond acceptors (Lipinski definition) is 2. The predicted octanol–water partition coefficient (Wildman–Crippen LogP) is 3.51. The van der Waals surface area contributed by atoms with Gasteiger partial charge < -0.3 is 10.3 Å². The Kier molecular flexibility index (Phi) is 2.73. The zero-order chi connectivity index (χ0) is 12.7. The SMILES string of the molecule is CC(C1CCCC1)n1c(N)nc2ccc(F)cc21. The number of imidazole rings is 1. The molecule has 1 saturated carbocycles. The third-order valence-electron chi connectivity index (χ3n) is 4.17. The normalized spacial score (nSPS) is 18.6. The molecule has 1 heterocycles. The van der Waals surface area contributed by atoms with E-state index in [-0.39, 0.29) is 5.82 Å². The Bertz CT molecular complexity index is 570. The molecule has 1 aliphatic rings. The second kappa shape index (κ2) is 4.26. The number of rotatable bonds is 2. The molecule has 2 aromatic rings. The van der Waals surface area contributed by atoms with Crippen LogP contribution in [0, 0.1) is 11.7 Å². The van der Waals surface area contributed by atoms with Gasteiger partial charge in [-0.25, -0.2) is 9.37 Å². The van der Waals surface area contributed by atoms with Gasteiger partial charge in [-0.3, -0.25) is 0 Å². The summed E-state index contributed by atoms with van der Waals surface area (Å²) >= 11 is 0. The van der Waals surface area contributed by atoms with Crippen LogP contribution in [0.5, 0.6) is 0 Å². The summed E-state index contributed by atoms with van der Waals surface area (Å²) in [4.78, 5) is 4.32. The number of halogens is 1. The van der Waals surface area contributed by atoms with Crippen molar-refractivity contribution in [2.75, 3.05) is 5.73 Å². The first-order valence-electron chi connectivity index (χ1n) is 6.60. The minimum absolute atomic E-state index is 0.234. The van der Waals surface area contributed by atoms with E-state index in [1.54, 1.807) is 6.07 Å². The molecule has 0 radical (unpaired) electrons. The lowest BCUT2D eigenvalue weighted by Crippen LogP contribution is -2.16. The molecule has 0 bridgehead atoms. The van der Waals surface area contributed by atoms with Gasteiger partial charge in [-0.2, -0.15) is 0 Å². The Morgan fingerprint density at radius 3 is 2.83 bits per heavy atom. The maximum Gasteiger partial charge on any atom is 0.201 e. The summed E-state index contributed by atoms with van der Waals surface area (Å²) in [6.07, 6.45) is 5.04. The summed E-state index contributed by atoms with van der Waals surface area (Å²) in [6.45, 7) is 2.17. The number of nitrogens with zero attached hydrogens (tertiary/aromatic N) is 2. The van der Waals surface area contributed by atoms with Gasteiger partial charge in [0.05, 0.1) is 11.0 Å². The smallest absolute Gasteiger partial charge is 0.201 e. The van der Waals surface area contributed by atoms with Crippen molar-refractivity contribution in [3.63, 3.8) is 0 Å². The molecule has 3 nitrogen and oxygen atoms in total. The van der Waals surface area contributed by atoms with Crippen molar-refractivity contribution in [3.8, 4) is 0 Å². The summed E-state index contributed by atoms with van der Waals surface area (Å²) in [7, 11) is 0. The first-order valence-corrected chi connectivity index (χ1v) is 6.60. The molecule has 1 aliphatic carbocycles. The zero-order valence-corrected chi connectivity index (χ0v) is 10.6. The highest BCUT2D eigenvalue weighted by Crippen LogP contribution is 2.36. The minimum Gasteiger partial charge on any atom is -0.369 e. The molecule has 2 N–H and O–H groups in total. The average Bonchev–Trinajstić information content (AvgIpc) is 2.94. The summed E-state index contributed by atoms with van der Waals surface area (Å²) < 4.78 is 15.4. The highest BCUT2D eigenvalue weighted by molar-refractivity contribution is 5.78. The lowest BCUT2D eigenvalue weighted by atomic mass is 9.99. The van der Waals surface area contributed by atoms with Gasteiger partial charge in [-0.15, -0.1) is 0 Å². The van der Waals surface area contributed by atoms with Gasteiger partial charge >= 0.3 is 0 Å². The summed E-state index contributed by atoms with van der Waals surface area (Å²) in [5.41, 5.74) is 7.59. The van der Waals surface area contributed by atoms with Crippen LogP contribution < -0.4 is 5.73 Å². The number of nitrogen functional groups attached to an aromatic ring is 1. The Morgan fingerprint density at radius 1 is 1.39 bits per heavy atom. The van der Waals surface area contributed by atoms with Crippen molar-refractivity contribution < 1.29 is 4.39 Å². The molecule has 18 heavy (non-hydrogen) atoms. The number of fused-ring (bicyclic) bond motifs is 1. The second-order valence-electron chi connectivity index (χ2n) is 5.26. The highest BCUT2D eigenvalue weighted by atomic mass is 19.1. The van der Waals surface area contributed by atoms with Crippen molar-refractivity contribution in [3.05, 3.63) is 24.0 Å². The fourth-order valence-corrected chi connectivity index (χ4v) is 3.16. The first-order chi connectivity index (χ1) is 8.66. The number of hydrogen-bond donors (Lipinski definition) is 1. The number of anilines is 1. The van der Waals surface area contributed by atoms with Gasteiger partial charge in [0.2, 0.25) is 5.95 Å². The van der Waals surface area contributed by atoms with Gasteiger partial charge in [-0.1, -0.05) is 12.8 Å². The van der Waals surface area contributed by atoms with Crippen molar-refractivity contribution >= 4 is 17.0 Å². The van der Waals surface area contributed by atoms with Crippen molar-refractivity contribution in [2.24, 2.45) is 5.92 Å². The van der Waals surface area contributed by atoms with Gasteiger partial charge in [0, 0.05) is 6.04 Å². The lowest BCUT2D eigenvalue weighted by Gasteiger charge is -2.22. The Balaban J connectivity index is 2.09. The van der Waals surface area contributed by atoms with Gasteiger partial charge in [0.15, 0.2) is 0 Å². The lowest BCUT2D eigenvalue weighted by molar-refractivity contribution is 0.371. The largest absolute Gasteiger partial charge is 0.369 e. The summed E-state index contributed by atoms with van der Waals surface area (Å²) in [6, 6.07) is 4.95. The van der Waals surface area contributed by atoms with Crippen LogP contribution in [-0.4, -0.2) is 9.55 Å². The molecule has 1 fully saturated rings. The fourth-order valence-electron chi connectivity index (χ4n) is 3.16. The van der Waals surface area contributed by atoms with Crippen LogP contribution in [0.1, 0.15) is 38.6 Å². The van der Waals surface area contributed by atoms with E-state index in [0.29, 0.717) is 17.9 Å². The molecule has 1 atom stereocenters. The minimum atomic E-state index is -0.234. The molecule has 0 spiro atoms. The quantitative estimate of drug-likeness (QED) is 0.882. The van der Waals surface area contributed by atoms with Crippen LogP contribution in [0.4, 0.5) is 10.3 Å². The van der Waals surface area contributed by atoms with E-state index in [9.17, 15) is 4.39 Å². The molecule has 0 aliphatic heterocycles. The molecule has 1 unspecified atom stereocenters. The Morgan fingerprint density at radius 2 is 2.11 bits per heavy atom. The maximum atomic E-state index is 13.4. The van der Waals surface area contributed by atoms with Crippen LogP contribution in [0.15, 0.2) is 18.2 Å². The molecular formula is C14H18FN3. The van der Waals surface area contributed by atoms with Gasteiger partial charge in [-0.05, 0) is 43.9 Å². The van der Waals surface area contributed by atoms with Crippen LogP contribution in [-0.2, 0) is 0 Å². The molecule has 0 amide bonds. The van der Waals surface area contributed by atoms with Crippen molar-refractivity contribution in [2.45, 2.75) is 38.6 Å². The predicted molar refractivity (Wildman–Crippen MR) is 70.8 cm³/mol. The highest BCUT2D eigenvalue weighted by Gasteiger charge is 2.25. The van der Waals surface area contributed by atoms with E-state index in [1.165, 1.54) is 37.8 Å². The number of nitrogens with two attached hydrogens (primary N) is 1. The van der Waals surface area contributed by atoms with Crippen molar-refractivity contribution in [1.82, 2.24) is 9.55 Å². The van der Waals surface area contributed by atoms with E-state index in [4.69, 9.17) is 5.73 Å². The van der Waals surface area contributed by atoms with E-state index in [2.05, 4.69) is 11.9 Å². The molecular weight excluding hydrogens is 229 g/mol. The fraction of sp³-hybridized carbons (Fsp3) is 0.500. The topological polar surface area (TPSA) is 43.8 Å². The molecule has 4 heteroatoms. The van der Waals surface area contributed by atoms with E-state index < -0.39 is 0 Å². The maximum absolute atomic E-state index is 13.4. The second-order valence-corrected chi connectivity index (χ2v) is 5.26. The van der Waals surface area contributed by atoms with Crippen molar-refractivity contribution in [1.29, 1.82) is 0 Å². The zero-order valence-electron chi connectivity index (χ0n) is 10.6. The van der Waals surface area contributed by atoms with Crippen LogP contribution in [0.2, 0.25) is 0 Å². The average molecular weight is 247 g/mol.